The first-order chi connectivity index (χ1) is 13.1. The van der Waals surface area contributed by atoms with Crippen molar-refractivity contribution in [3.8, 4) is 11.5 Å². The van der Waals surface area contributed by atoms with Gasteiger partial charge in [-0.2, -0.15) is 0 Å². The second kappa shape index (κ2) is 8.55. The molecule has 1 unspecified atom stereocenters. The molecule has 0 spiro atoms. The number of benzene rings is 1. The molecule has 8 nitrogen and oxygen atoms in total. The highest BCUT2D eigenvalue weighted by atomic mass is 16.6. The molecule has 0 N–H and O–H groups in total. The van der Waals surface area contributed by atoms with Crippen molar-refractivity contribution >= 4 is 5.69 Å². The molecule has 2 heterocycles. The van der Waals surface area contributed by atoms with Gasteiger partial charge in [0.25, 0.3) is 11.2 Å². The number of rotatable bonds is 8. The molecule has 0 radical (unpaired) electrons. The van der Waals surface area contributed by atoms with Gasteiger partial charge in [0.2, 0.25) is 0 Å². The van der Waals surface area contributed by atoms with Crippen molar-refractivity contribution in [1.82, 2.24) is 4.90 Å². The first kappa shape index (κ1) is 19.4. The summed E-state index contributed by atoms with van der Waals surface area (Å²) in [5.41, 5.74) is -0.822. The van der Waals surface area contributed by atoms with Crippen LogP contribution in [0.1, 0.15) is 31.2 Å². The van der Waals surface area contributed by atoms with Gasteiger partial charge in [0.1, 0.15) is 12.2 Å². The molecule has 0 aromatic heterocycles. The van der Waals surface area contributed by atoms with E-state index in [1.54, 1.807) is 6.07 Å². The molecule has 0 bridgehead atoms. The Labute approximate surface area is 159 Å². The smallest absolute Gasteiger partial charge is 0.289 e. The zero-order valence-corrected chi connectivity index (χ0v) is 15.6. The molecule has 3 rings (SSSR count). The molecule has 2 aliphatic rings. The van der Waals surface area contributed by atoms with Gasteiger partial charge >= 0.3 is 0 Å². The van der Waals surface area contributed by atoms with Crippen molar-refractivity contribution in [2.45, 2.75) is 31.2 Å². The van der Waals surface area contributed by atoms with Crippen molar-refractivity contribution in [3.63, 3.8) is 0 Å². The monoisotopic (exact) mass is 375 g/mol. The van der Waals surface area contributed by atoms with Crippen molar-refractivity contribution in [1.29, 1.82) is 0 Å². The van der Waals surface area contributed by atoms with Gasteiger partial charge < -0.3 is 24.0 Å². The summed E-state index contributed by atoms with van der Waals surface area (Å²) in [5, 5.41) is 11.7. The van der Waals surface area contributed by atoms with E-state index in [-0.39, 0.29) is 12.3 Å². The van der Waals surface area contributed by atoms with Crippen molar-refractivity contribution in [3.05, 3.63) is 39.2 Å². The van der Waals surface area contributed by atoms with Crippen LogP contribution in [-0.2, 0) is 10.3 Å². The summed E-state index contributed by atoms with van der Waals surface area (Å²) in [4.78, 5) is 17.3. The Kier molecular flexibility index (Phi) is 6.14. The molecular formula is C19H25N3O5. The SMILES string of the molecule is [C-]#[N+]C1(c2cc(OC)c(OCCCN3CCCC3)cc2[N+](=O)[O-])CCOC1. The molecule has 2 aliphatic heterocycles. The van der Waals surface area contributed by atoms with Crippen LogP contribution in [0.2, 0.25) is 0 Å². The second-order valence-corrected chi connectivity index (χ2v) is 6.97. The Morgan fingerprint density at radius 3 is 2.74 bits per heavy atom. The third-order valence-corrected chi connectivity index (χ3v) is 5.27. The highest BCUT2D eigenvalue weighted by molar-refractivity contribution is 5.58. The van der Waals surface area contributed by atoms with E-state index in [1.807, 2.05) is 0 Å². The lowest BCUT2D eigenvalue weighted by atomic mass is 9.88. The van der Waals surface area contributed by atoms with Gasteiger partial charge in [0.05, 0.1) is 37.7 Å². The van der Waals surface area contributed by atoms with Gasteiger partial charge in [-0.15, -0.1) is 0 Å². The summed E-state index contributed by atoms with van der Waals surface area (Å²) in [6, 6.07) is 2.95. The van der Waals surface area contributed by atoms with Gasteiger partial charge in [0.15, 0.2) is 11.5 Å². The number of nitro benzene ring substituents is 1. The third-order valence-electron chi connectivity index (χ3n) is 5.27. The zero-order valence-electron chi connectivity index (χ0n) is 15.6. The molecule has 146 valence electrons. The quantitative estimate of drug-likeness (QED) is 0.301. The van der Waals surface area contributed by atoms with Crippen LogP contribution < -0.4 is 9.47 Å². The fraction of sp³-hybridized carbons (Fsp3) is 0.632. The van der Waals surface area contributed by atoms with Crippen LogP contribution in [0.25, 0.3) is 4.85 Å². The lowest BCUT2D eigenvalue weighted by Gasteiger charge is -2.18. The second-order valence-electron chi connectivity index (χ2n) is 6.97. The Morgan fingerprint density at radius 2 is 2.15 bits per heavy atom. The topological polar surface area (TPSA) is 78.4 Å². The van der Waals surface area contributed by atoms with Crippen molar-refractivity contribution in [2.24, 2.45) is 0 Å². The number of hydrogen-bond donors (Lipinski definition) is 0. The minimum atomic E-state index is -1.04. The van der Waals surface area contributed by atoms with Crippen LogP contribution in [-0.4, -0.2) is 56.4 Å². The Hall–Kier alpha value is -2.37. The largest absolute Gasteiger partial charge is 0.493 e. The molecule has 0 saturated carbocycles. The summed E-state index contributed by atoms with van der Waals surface area (Å²) in [6.07, 6.45) is 3.76. The maximum atomic E-state index is 11.7. The van der Waals surface area contributed by atoms with Crippen LogP contribution >= 0.6 is 0 Å². The minimum absolute atomic E-state index is 0.119. The average Bonchev–Trinajstić information content (AvgIpc) is 3.37. The predicted molar refractivity (Wildman–Crippen MR) is 99.2 cm³/mol. The lowest BCUT2D eigenvalue weighted by Crippen LogP contribution is -2.23. The summed E-state index contributed by atoms with van der Waals surface area (Å²) in [6.45, 7) is 11.8. The highest BCUT2D eigenvalue weighted by Gasteiger charge is 2.48. The number of likely N-dealkylation sites (tertiary alicyclic amines) is 1. The summed E-state index contributed by atoms with van der Waals surface area (Å²) in [5.74, 6) is 0.750. The third kappa shape index (κ3) is 4.15. The molecule has 8 heteroatoms. The fourth-order valence-electron chi connectivity index (χ4n) is 3.74. The molecule has 2 saturated heterocycles. The first-order valence-corrected chi connectivity index (χ1v) is 9.28. The molecule has 1 atom stereocenters. The van der Waals surface area contributed by atoms with Crippen LogP contribution in [0.4, 0.5) is 5.69 Å². The Balaban J connectivity index is 1.79. The number of methoxy groups -OCH3 is 1. The number of nitro groups is 1. The molecule has 0 amide bonds. The van der Waals surface area contributed by atoms with E-state index < -0.39 is 10.5 Å². The lowest BCUT2D eigenvalue weighted by molar-refractivity contribution is -0.386. The normalized spacial score (nSPS) is 22.5. The summed E-state index contributed by atoms with van der Waals surface area (Å²) >= 11 is 0. The van der Waals surface area contributed by atoms with Crippen molar-refractivity contribution < 1.29 is 19.1 Å². The highest BCUT2D eigenvalue weighted by Crippen LogP contribution is 2.44. The molecule has 2 fully saturated rings. The van der Waals surface area contributed by atoms with E-state index >= 15 is 0 Å². The van der Waals surface area contributed by atoms with Crippen molar-refractivity contribution in [2.75, 3.05) is 46.6 Å². The minimum Gasteiger partial charge on any atom is -0.493 e. The number of ether oxygens (including phenoxy) is 3. The van der Waals surface area contributed by atoms with Gasteiger partial charge in [-0.3, -0.25) is 10.1 Å². The number of nitrogens with zero attached hydrogens (tertiary/aromatic N) is 3. The zero-order chi connectivity index (χ0) is 19.3. The van der Waals surface area contributed by atoms with Crippen LogP contribution in [0, 0.1) is 16.7 Å². The van der Waals surface area contributed by atoms with E-state index in [0.29, 0.717) is 36.7 Å². The van der Waals surface area contributed by atoms with Gasteiger partial charge in [-0.1, -0.05) is 0 Å². The van der Waals surface area contributed by atoms with E-state index in [2.05, 4.69) is 9.74 Å². The van der Waals surface area contributed by atoms with E-state index in [1.165, 1.54) is 26.0 Å². The molecule has 27 heavy (non-hydrogen) atoms. The predicted octanol–water partition coefficient (Wildman–Crippen LogP) is 3.00. The van der Waals surface area contributed by atoms with Crippen LogP contribution in [0.5, 0.6) is 11.5 Å². The standard InChI is InChI=1S/C19H25N3O5/c1-20-19(6-11-26-14-19)15-12-17(25-2)18(13-16(15)22(23)24)27-10-5-9-21-7-3-4-8-21/h12-13H,3-11,14H2,2H3. The van der Waals surface area contributed by atoms with E-state index in [9.17, 15) is 10.1 Å². The Bertz CT molecular complexity index is 719. The fourth-order valence-corrected chi connectivity index (χ4v) is 3.74. The molecular weight excluding hydrogens is 350 g/mol. The number of hydrogen-bond acceptors (Lipinski definition) is 6. The van der Waals surface area contributed by atoms with Gasteiger partial charge in [-0.05, 0) is 32.4 Å². The Morgan fingerprint density at radius 1 is 1.37 bits per heavy atom. The first-order valence-electron chi connectivity index (χ1n) is 9.28. The summed E-state index contributed by atoms with van der Waals surface area (Å²) in [7, 11) is 1.50. The van der Waals surface area contributed by atoms with Gasteiger partial charge in [-0.25, -0.2) is 6.57 Å². The maximum Gasteiger partial charge on any atom is 0.289 e. The van der Waals surface area contributed by atoms with Crippen LogP contribution in [0.15, 0.2) is 12.1 Å². The summed E-state index contributed by atoms with van der Waals surface area (Å²) < 4.78 is 16.6. The van der Waals surface area contributed by atoms with E-state index in [0.717, 1.165) is 26.1 Å². The van der Waals surface area contributed by atoms with Crippen LogP contribution in [0.3, 0.4) is 0 Å². The van der Waals surface area contributed by atoms with Gasteiger partial charge in [0, 0.05) is 12.6 Å². The van der Waals surface area contributed by atoms with E-state index in [4.69, 9.17) is 20.8 Å². The molecule has 0 aliphatic carbocycles. The maximum absolute atomic E-state index is 11.7. The molecule has 1 aromatic carbocycles. The average molecular weight is 375 g/mol. The molecule has 1 aromatic rings.